The van der Waals surface area contributed by atoms with Gasteiger partial charge in [-0.2, -0.15) is 0 Å². The molecule has 1 fully saturated rings. The van der Waals surface area contributed by atoms with Gasteiger partial charge < -0.3 is 15.7 Å². The number of piperidine rings is 1. The lowest BCUT2D eigenvalue weighted by atomic mass is 9.94. The minimum atomic E-state index is -0.698. The zero-order chi connectivity index (χ0) is 11.3. The molecule has 0 bridgehead atoms. The summed E-state index contributed by atoms with van der Waals surface area (Å²) in [5.41, 5.74) is 5.54. The van der Waals surface area contributed by atoms with Crippen LogP contribution in [0, 0.1) is 11.8 Å². The lowest BCUT2D eigenvalue weighted by Crippen LogP contribution is -2.40. The number of carboxylic acid groups (broad SMARTS) is 1. The highest BCUT2D eigenvalue weighted by Crippen LogP contribution is 2.19. The fourth-order valence-corrected chi connectivity index (χ4v) is 2.25. The van der Waals surface area contributed by atoms with Crippen molar-refractivity contribution in [3.63, 3.8) is 0 Å². The smallest absolute Gasteiger partial charge is 0.307 e. The topological polar surface area (TPSA) is 66.6 Å². The van der Waals surface area contributed by atoms with Crippen LogP contribution in [0.3, 0.4) is 0 Å². The number of carbonyl (C=O) groups is 1. The lowest BCUT2D eigenvalue weighted by Gasteiger charge is -2.33. The van der Waals surface area contributed by atoms with Crippen molar-refractivity contribution in [2.45, 2.75) is 26.2 Å². The van der Waals surface area contributed by atoms with E-state index in [9.17, 15) is 4.79 Å². The highest BCUT2D eigenvalue weighted by molar-refractivity contribution is 5.69. The van der Waals surface area contributed by atoms with Gasteiger partial charge in [0.15, 0.2) is 0 Å². The van der Waals surface area contributed by atoms with Crippen LogP contribution in [0.25, 0.3) is 0 Å². The molecule has 1 heterocycles. The quantitative estimate of drug-likeness (QED) is 0.709. The maximum Gasteiger partial charge on any atom is 0.307 e. The van der Waals surface area contributed by atoms with Crippen LogP contribution in [-0.2, 0) is 4.79 Å². The molecule has 0 saturated carbocycles. The molecule has 1 saturated heterocycles. The third-order valence-corrected chi connectivity index (χ3v) is 3.13. The predicted octanol–water partition coefficient (Wildman–Crippen LogP) is 0.768. The van der Waals surface area contributed by atoms with Crippen LogP contribution >= 0.6 is 0 Å². The molecule has 2 unspecified atom stereocenters. The van der Waals surface area contributed by atoms with Crippen LogP contribution < -0.4 is 5.73 Å². The van der Waals surface area contributed by atoms with Crippen LogP contribution in [0.5, 0.6) is 0 Å². The number of hydrogen-bond donors (Lipinski definition) is 2. The number of carboxylic acids is 1. The molecular formula is C11H22N2O2. The molecule has 0 aromatic rings. The largest absolute Gasteiger partial charge is 0.481 e. The average Bonchev–Trinajstić information content (AvgIpc) is 2.18. The van der Waals surface area contributed by atoms with E-state index in [1.165, 1.54) is 12.8 Å². The minimum Gasteiger partial charge on any atom is -0.481 e. The minimum absolute atomic E-state index is 0.262. The Bertz CT molecular complexity index is 207. The fraction of sp³-hybridized carbons (Fsp3) is 0.909. The Kier molecular flexibility index (Phi) is 5.05. The van der Waals surface area contributed by atoms with E-state index in [-0.39, 0.29) is 5.92 Å². The Morgan fingerprint density at radius 2 is 2.40 bits per heavy atom. The lowest BCUT2D eigenvalue weighted by molar-refractivity contribution is -0.141. The van der Waals surface area contributed by atoms with Gasteiger partial charge in [-0.3, -0.25) is 4.79 Å². The molecule has 4 nitrogen and oxygen atoms in total. The van der Waals surface area contributed by atoms with Crippen LogP contribution in [0.15, 0.2) is 0 Å². The number of nitrogens with two attached hydrogens (primary N) is 1. The number of likely N-dealkylation sites (tertiary alicyclic amines) is 1. The molecule has 15 heavy (non-hydrogen) atoms. The Labute approximate surface area is 91.4 Å². The molecular weight excluding hydrogens is 192 g/mol. The van der Waals surface area contributed by atoms with E-state index in [0.29, 0.717) is 12.5 Å². The van der Waals surface area contributed by atoms with Gasteiger partial charge in [0.1, 0.15) is 0 Å². The maximum atomic E-state index is 10.7. The van der Waals surface area contributed by atoms with Gasteiger partial charge in [0.05, 0.1) is 5.92 Å². The van der Waals surface area contributed by atoms with Gasteiger partial charge in [-0.25, -0.2) is 0 Å². The summed E-state index contributed by atoms with van der Waals surface area (Å²) < 4.78 is 0. The molecule has 0 aliphatic carbocycles. The highest BCUT2D eigenvalue weighted by Gasteiger charge is 2.22. The van der Waals surface area contributed by atoms with Crippen LogP contribution in [0.4, 0.5) is 0 Å². The van der Waals surface area contributed by atoms with Crippen molar-refractivity contribution in [3.8, 4) is 0 Å². The SMILES string of the molecule is CC(CN1CCCC(CCN)C1)C(=O)O. The van der Waals surface area contributed by atoms with Crippen LogP contribution in [0.2, 0.25) is 0 Å². The van der Waals surface area contributed by atoms with E-state index in [1.54, 1.807) is 6.92 Å². The van der Waals surface area contributed by atoms with Gasteiger partial charge in [0.2, 0.25) is 0 Å². The molecule has 0 aromatic heterocycles. The molecule has 1 rings (SSSR count). The maximum absolute atomic E-state index is 10.7. The van der Waals surface area contributed by atoms with Crippen molar-refractivity contribution in [1.82, 2.24) is 4.90 Å². The van der Waals surface area contributed by atoms with E-state index in [2.05, 4.69) is 4.90 Å². The van der Waals surface area contributed by atoms with Gasteiger partial charge >= 0.3 is 5.97 Å². The van der Waals surface area contributed by atoms with Crippen LogP contribution in [0.1, 0.15) is 26.2 Å². The van der Waals surface area contributed by atoms with Crippen molar-refractivity contribution in [3.05, 3.63) is 0 Å². The molecule has 0 radical (unpaired) electrons. The van der Waals surface area contributed by atoms with E-state index in [4.69, 9.17) is 10.8 Å². The van der Waals surface area contributed by atoms with E-state index < -0.39 is 5.97 Å². The predicted molar refractivity (Wildman–Crippen MR) is 59.6 cm³/mol. The Morgan fingerprint density at radius 3 is 3.00 bits per heavy atom. The standard InChI is InChI=1S/C11H22N2O2/c1-9(11(14)15)7-13-6-2-3-10(8-13)4-5-12/h9-10H,2-8,12H2,1H3,(H,14,15). The summed E-state index contributed by atoms with van der Waals surface area (Å²) in [7, 11) is 0. The van der Waals surface area contributed by atoms with Crippen molar-refractivity contribution >= 4 is 5.97 Å². The Hall–Kier alpha value is -0.610. The molecule has 0 amide bonds. The zero-order valence-electron chi connectivity index (χ0n) is 9.48. The van der Waals surface area contributed by atoms with E-state index >= 15 is 0 Å². The van der Waals surface area contributed by atoms with E-state index in [1.807, 2.05) is 0 Å². The zero-order valence-corrected chi connectivity index (χ0v) is 9.48. The molecule has 4 heteroatoms. The van der Waals surface area contributed by atoms with Crippen molar-refractivity contribution < 1.29 is 9.90 Å². The summed E-state index contributed by atoms with van der Waals surface area (Å²) in [6, 6.07) is 0. The van der Waals surface area contributed by atoms with Crippen molar-refractivity contribution in [2.75, 3.05) is 26.2 Å². The summed E-state index contributed by atoms with van der Waals surface area (Å²) in [6.07, 6.45) is 3.49. The van der Waals surface area contributed by atoms with Gasteiger partial charge in [-0.05, 0) is 38.3 Å². The first-order valence-electron chi connectivity index (χ1n) is 5.78. The number of rotatable bonds is 5. The second kappa shape index (κ2) is 6.08. The Morgan fingerprint density at radius 1 is 1.67 bits per heavy atom. The number of nitrogens with zero attached hydrogens (tertiary/aromatic N) is 1. The highest BCUT2D eigenvalue weighted by atomic mass is 16.4. The molecule has 3 N–H and O–H groups in total. The summed E-state index contributed by atoms with van der Waals surface area (Å²) in [5.74, 6) is -0.290. The van der Waals surface area contributed by atoms with Gasteiger partial charge in [-0.1, -0.05) is 6.92 Å². The molecule has 1 aliphatic heterocycles. The molecule has 1 aliphatic rings. The first-order chi connectivity index (χ1) is 7.13. The summed E-state index contributed by atoms with van der Waals surface area (Å²) >= 11 is 0. The third kappa shape index (κ3) is 4.18. The first kappa shape index (κ1) is 12.5. The average molecular weight is 214 g/mol. The third-order valence-electron chi connectivity index (χ3n) is 3.13. The number of aliphatic carboxylic acids is 1. The fourth-order valence-electron chi connectivity index (χ4n) is 2.25. The van der Waals surface area contributed by atoms with Gasteiger partial charge in [0, 0.05) is 13.1 Å². The van der Waals surface area contributed by atoms with E-state index in [0.717, 1.165) is 26.1 Å². The second-order valence-corrected chi connectivity index (χ2v) is 4.58. The van der Waals surface area contributed by atoms with Crippen LogP contribution in [-0.4, -0.2) is 42.2 Å². The molecule has 0 spiro atoms. The monoisotopic (exact) mass is 214 g/mol. The van der Waals surface area contributed by atoms with Crippen molar-refractivity contribution in [2.24, 2.45) is 17.6 Å². The van der Waals surface area contributed by atoms with Gasteiger partial charge in [0.25, 0.3) is 0 Å². The summed E-state index contributed by atoms with van der Waals surface area (Å²) in [6.45, 7) is 5.26. The normalized spacial score (nSPS) is 25.1. The molecule has 2 atom stereocenters. The summed E-state index contributed by atoms with van der Waals surface area (Å²) in [4.78, 5) is 13.0. The summed E-state index contributed by atoms with van der Waals surface area (Å²) in [5, 5.41) is 8.84. The van der Waals surface area contributed by atoms with Gasteiger partial charge in [-0.15, -0.1) is 0 Å². The first-order valence-corrected chi connectivity index (χ1v) is 5.78. The Balaban J connectivity index is 2.32. The molecule has 0 aromatic carbocycles. The molecule has 88 valence electrons. The van der Waals surface area contributed by atoms with Crippen molar-refractivity contribution in [1.29, 1.82) is 0 Å². The second-order valence-electron chi connectivity index (χ2n) is 4.58. The number of hydrogen-bond acceptors (Lipinski definition) is 3.